The van der Waals surface area contributed by atoms with Crippen LogP contribution < -0.4 is 16.0 Å². The summed E-state index contributed by atoms with van der Waals surface area (Å²) in [5, 5.41) is 5.66. The van der Waals surface area contributed by atoms with Gasteiger partial charge in [0.05, 0.1) is 10.7 Å². The number of hydrogen-bond donors (Lipinski definition) is 2. The van der Waals surface area contributed by atoms with Crippen LogP contribution in [0.1, 0.15) is 0 Å². The van der Waals surface area contributed by atoms with Crippen LogP contribution in [0.3, 0.4) is 0 Å². The predicted octanol–water partition coefficient (Wildman–Crippen LogP) is 5.04. The molecule has 0 bridgehead atoms. The number of nitrogens with two attached hydrogens (primary N) is 1. The number of anilines is 4. The molecule has 2 aromatic carbocycles. The minimum Gasteiger partial charge on any atom is -0.397 e. The molecule has 3 rings (SSSR count). The standard InChI is InChI=1S/C17H16BrClN4/c1-23(2)11-5-3-4-10(8-11)22-17-12-6-7-14(19)16(20)15(12)13(18)9-21-17/h3-9H,20H2,1-2H3,(H,21,22). The van der Waals surface area contributed by atoms with Gasteiger partial charge in [0.25, 0.3) is 0 Å². The molecule has 0 aliphatic heterocycles. The largest absolute Gasteiger partial charge is 0.397 e. The molecule has 3 aromatic rings. The van der Waals surface area contributed by atoms with Gasteiger partial charge in [0.15, 0.2) is 0 Å². The van der Waals surface area contributed by atoms with E-state index in [9.17, 15) is 0 Å². The maximum absolute atomic E-state index is 6.14. The van der Waals surface area contributed by atoms with Crippen molar-refractivity contribution in [3.63, 3.8) is 0 Å². The normalized spacial score (nSPS) is 10.8. The van der Waals surface area contributed by atoms with E-state index in [0.717, 1.165) is 32.4 Å². The average Bonchev–Trinajstić information content (AvgIpc) is 2.53. The third-order valence-electron chi connectivity index (χ3n) is 3.62. The van der Waals surface area contributed by atoms with Gasteiger partial charge in [-0.15, -0.1) is 0 Å². The number of aromatic nitrogens is 1. The molecule has 1 aromatic heterocycles. The Morgan fingerprint density at radius 1 is 1.22 bits per heavy atom. The third kappa shape index (κ3) is 3.07. The lowest BCUT2D eigenvalue weighted by atomic mass is 10.1. The van der Waals surface area contributed by atoms with Crippen molar-refractivity contribution >= 4 is 61.2 Å². The quantitative estimate of drug-likeness (QED) is 0.614. The van der Waals surface area contributed by atoms with Gasteiger partial charge in [-0.1, -0.05) is 17.7 Å². The molecule has 0 saturated heterocycles. The van der Waals surface area contributed by atoms with Crippen molar-refractivity contribution in [1.82, 2.24) is 4.98 Å². The summed E-state index contributed by atoms with van der Waals surface area (Å²) in [5.74, 6) is 0.738. The van der Waals surface area contributed by atoms with Gasteiger partial charge in [-0.25, -0.2) is 4.98 Å². The first-order valence-corrected chi connectivity index (χ1v) is 8.21. The molecule has 1 heterocycles. The van der Waals surface area contributed by atoms with Gasteiger partial charge in [0.1, 0.15) is 5.82 Å². The highest BCUT2D eigenvalue weighted by Crippen LogP contribution is 2.37. The van der Waals surface area contributed by atoms with Crippen molar-refractivity contribution in [2.24, 2.45) is 0 Å². The van der Waals surface area contributed by atoms with Crippen molar-refractivity contribution in [3.8, 4) is 0 Å². The Labute approximate surface area is 148 Å². The molecule has 0 atom stereocenters. The van der Waals surface area contributed by atoms with E-state index in [-0.39, 0.29) is 0 Å². The van der Waals surface area contributed by atoms with Crippen LogP contribution in [0.4, 0.5) is 22.9 Å². The molecule has 23 heavy (non-hydrogen) atoms. The Morgan fingerprint density at radius 2 is 2.00 bits per heavy atom. The molecule has 118 valence electrons. The molecule has 0 fully saturated rings. The topological polar surface area (TPSA) is 54.2 Å². The zero-order valence-electron chi connectivity index (χ0n) is 12.8. The Kier molecular flexibility index (Phi) is 4.33. The maximum Gasteiger partial charge on any atom is 0.138 e. The number of halogens is 2. The Balaban J connectivity index is 2.09. The summed E-state index contributed by atoms with van der Waals surface area (Å²) in [5.41, 5.74) is 8.74. The smallest absolute Gasteiger partial charge is 0.138 e. The van der Waals surface area contributed by atoms with Crippen molar-refractivity contribution in [1.29, 1.82) is 0 Å². The van der Waals surface area contributed by atoms with Crippen LogP contribution in [0.5, 0.6) is 0 Å². The van der Waals surface area contributed by atoms with Crippen LogP contribution in [0.2, 0.25) is 5.02 Å². The summed E-state index contributed by atoms with van der Waals surface area (Å²) in [6.45, 7) is 0. The van der Waals surface area contributed by atoms with Crippen molar-refractivity contribution in [2.45, 2.75) is 0 Å². The van der Waals surface area contributed by atoms with E-state index in [1.807, 2.05) is 32.3 Å². The highest BCUT2D eigenvalue weighted by molar-refractivity contribution is 9.10. The minimum absolute atomic E-state index is 0.532. The van der Waals surface area contributed by atoms with Gasteiger partial charge < -0.3 is 16.0 Å². The first-order chi connectivity index (χ1) is 11.0. The van der Waals surface area contributed by atoms with Crippen molar-refractivity contribution < 1.29 is 0 Å². The summed E-state index contributed by atoms with van der Waals surface area (Å²) in [6, 6.07) is 11.8. The molecule has 4 nitrogen and oxygen atoms in total. The molecule has 0 aliphatic rings. The summed E-state index contributed by atoms with van der Waals surface area (Å²) >= 11 is 9.63. The number of benzene rings is 2. The lowest BCUT2D eigenvalue weighted by Crippen LogP contribution is -2.08. The van der Waals surface area contributed by atoms with Gasteiger partial charge in [0.2, 0.25) is 0 Å². The van der Waals surface area contributed by atoms with Gasteiger partial charge in [0, 0.05) is 46.9 Å². The SMILES string of the molecule is CN(C)c1cccc(Nc2ncc(Br)c3c(N)c(Cl)ccc23)c1. The fourth-order valence-corrected chi connectivity index (χ4v) is 3.09. The number of nitrogens with one attached hydrogen (secondary N) is 1. The van der Waals surface area contributed by atoms with Crippen LogP contribution in [0.15, 0.2) is 47.1 Å². The minimum atomic E-state index is 0.532. The number of pyridine rings is 1. The fraction of sp³-hybridized carbons (Fsp3) is 0.118. The van der Waals surface area contributed by atoms with Crippen molar-refractivity contribution in [3.05, 3.63) is 52.1 Å². The van der Waals surface area contributed by atoms with E-state index in [1.165, 1.54) is 0 Å². The zero-order chi connectivity index (χ0) is 16.6. The molecular formula is C17H16BrClN4. The van der Waals surface area contributed by atoms with Gasteiger partial charge >= 0.3 is 0 Å². The van der Waals surface area contributed by atoms with Gasteiger partial charge in [-0.05, 0) is 46.3 Å². The molecule has 3 N–H and O–H groups in total. The number of fused-ring (bicyclic) bond motifs is 1. The van der Waals surface area contributed by atoms with E-state index in [2.05, 4.69) is 43.3 Å². The number of rotatable bonds is 3. The lowest BCUT2D eigenvalue weighted by Gasteiger charge is -2.15. The molecule has 0 spiro atoms. The second kappa shape index (κ2) is 6.26. The summed E-state index contributed by atoms with van der Waals surface area (Å²) < 4.78 is 0.820. The van der Waals surface area contributed by atoms with Gasteiger partial charge in [-0.2, -0.15) is 0 Å². The molecule has 0 aliphatic carbocycles. The number of hydrogen-bond acceptors (Lipinski definition) is 4. The zero-order valence-corrected chi connectivity index (χ0v) is 15.1. The lowest BCUT2D eigenvalue weighted by molar-refractivity contribution is 1.13. The van der Waals surface area contributed by atoms with Crippen LogP contribution in [0, 0.1) is 0 Å². The molecule has 0 unspecified atom stereocenters. The summed E-state index contributed by atoms with van der Waals surface area (Å²) in [6.07, 6.45) is 1.73. The molecule has 0 amide bonds. The monoisotopic (exact) mass is 390 g/mol. The first kappa shape index (κ1) is 15.9. The second-order valence-electron chi connectivity index (χ2n) is 5.41. The average molecular weight is 392 g/mol. The second-order valence-corrected chi connectivity index (χ2v) is 6.67. The Hall–Kier alpha value is -1.98. The van der Waals surface area contributed by atoms with E-state index >= 15 is 0 Å². The van der Waals surface area contributed by atoms with E-state index in [1.54, 1.807) is 12.3 Å². The van der Waals surface area contributed by atoms with E-state index < -0.39 is 0 Å². The van der Waals surface area contributed by atoms with Crippen LogP contribution >= 0.6 is 27.5 Å². The summed E-state index contributed by atoms with van der Waals surface area (Å²) in [4.78, 5) is 6.53. The number of nitrogens with zero attached hydrogens (tertiary/aromatic N) is 2. The van der Waals surface area contributed by atoms with Crippen LogP contribution in [0.25, 0.3) is 10.8 Å². The Bertz CT molecular complexity index is 880. The van der Waals surface area contributed by atoms with Crippen LogP contribution in [-0.4, -0.2) is 19.1 Å². The highest BCUT2D eigenvalue weighted by Gasteiger charge is 2.11. The van der Waals surface area contributed by atoms with Crippen molar-refractivity contribution in [2.75, 3.05) is 30.0 Å². The van der Waals surface area contributed by atoms with E-state index in [0.29, 0.717) is 10.7 Å². The fourth-order valence-electron chi connectivity index (χ4n) is 2.40. The van der Waals surface area contributed by atoms with Crippen LogP contribution in [-0.2, 0) is 0 Å². The molecule has 6 heteroatoms. The highest BCUT2D eigenvalue weighted by atomic mass is 79.9. The molecule has 0 radical (unpaired) electrons. The maximum atomic E-state index is 6.14. The summed E-state index contributed by atoms with van der Waals surface area (Å²) in [7, 11) is 4.02. The predicted molar refractivity (Wildman–Crippen MR) is 103 cm³/mol. The Morgan fingerprint density at radius 3 is 2.74 bits per heavy atom. The molecular weight excluding hydrogens is 376 g/mol. The molecule has 0 saturated carbocycles. The third-order valence-corrected chi connectivity index (χ3v) is 4.55. The van der Waals surface area contributed by atoms with Gasteiger partial charge in [-0.3, -0.25) is 0 Å². The first-order valence-electron chi connectivity index (χ1n) is 7.04. The number of nitrogen functional groups attached to an aromatic ring is 1. The van der Waals surface area contributed by atoms with E-state index in [4.69, 9.17) is 17.3 Å².